The predicted octanol–water partition coefficient (Wildman–Crippen LogP) is 7.79. The molecule has 0 aliphatic heterocycles. The van der Waals surface area contributed by atoms with Crippen LogP contribution in [-0.4, -0.2) is 26.0 Å². The summed E-state index contributed by atoms with van der Waals surface area (Å²) in [6, 6.07) is 37.1. The largest absolute Gasteiger partial charge is 0.534 e. The molecule has 0 amide bonds. The second kappa shape index (κ2) is 12.3. The van der Waals surface area contributed by atoms with Gasteiger partial charge in [-0.1, -0.05) is 109 Å². The number of benzene rings is 4. The van der Waals surface area contributed by atoms with E-state index >= 15 is 0 Å². The highest BCUT2D eigenvalue weighted by Gasteiger charge is 2.52. The molecule has 0 unspecified atom stereocenters. The van der Waals surface area contributed by atoms with Crippen molar-refractivity contribution in [3.05, 3.63) is 132 Å². The summed E-state index contributed by atoms with van der Waals surface area (Å²) < 4.78 is 15.0. The number of ether oxygens (including phenoxy) is 1. The number of carbonyl (C=O) groups is 1. The number of aromatic nitrogens is 1. The van der Waals surface area contributed by atoms with Gasteiger partial charge in [0.2, 0.25) is 0 Å². The van der Waals surface area contributed by atoms with E-state index in [1.54, 1.807) is 6.07 Å². The van der Waals surface area contributed by atoms with Crippen molar-refractivity contribution < 1.29 is 14.0 Å². The quantitative estimate of drug-likeness (QED) is 0.148. The first-order chi connectivity index (χ1) is 19.2. The summed E-state index contributed by atoms with van der Waals surface area (Å²) in [4.78, 5) is 12.4. The first-order valence-electron chi connectivity index (χ1n) is 13.2. The molecular weight excluding hydrogens is 592 g/mol. The Hall–Kier alpha value is -3.91. The summed E-state index contributed by atoms with van der Waals surface area (Å²) in [6.45, 7) is 6.82. The predicted molar refractivity (Wildman–Crippen MR) is 174 cm³/mol. The minimum atomic E-state index is -2.74. The highest BCUT2D eigenvalue weighted by Crippen LogP contribution is 2.40. The molecule has 0 saturated carbocycles. The van der Waals surface area contributed by atoms with Crippen LogP contribution in [-0.2, 0) is 4.74 Å². The molecule has 5 rings (SSSR count). The SMILES string of the molecule is COC(=O)c1cc(Br)c(-c2ccc(O[Si](c3ccccc3)(c3ccccc3)C(C)(C)C)cc2)c(-n2cccc2)c1.N. The van der Waals surface area contributed by atoms with Crippen molar-refractivity contribution in [1.29, 1.82) is 0 Å². The Morgan fingerprint density at radius 3 is 1.80 bits per heavy atom. The van der Waals surface area contributed by atoms with E-state index in [1.807, 2.05) is 35.2 Å². The van der Waals surface area contributed by atoms with E-state index < -0.39 is 8.32 Å². The molecule has 0 fully saturated rings. The Bertz CT molecular complexity index is 1560. The van der Waals surface area contributed by atoms with Gasteiger partial charge in [-0.3, -0.25) is 0 Å². The van der Waals surface area contributed by atoms with Gasteiger partial charge in [0.15, 0.2) is 0 Å². The smallest absolute Gasteiger partial charge is 0.337 e. The summed E-state index contributed by atoms with van der Waals surface area (Å²) in [5, 5.41) is 2.32. The number of nitrogens with zero attached hydrogens (tertiary/aromatic N) is 1. The molecule has 4 aromatic carbocycles. The molecule has 0 aliphatic rings. The second-order valence-electron chi connectivity index (χ2n) is 10.7. The molecule has 0 saturated heterocycles. The molecule has 1 aromatic heterocycles. The number of hydrogen-bond acceptors (Lipinski definition) is 4. The van der Waals surface area contributed by atoms with Crippen LogP contribution in [0, 0.1) is 0 Å². The molecule has 0 aliphatic carbocycles. The van der Waals surface area contributed by atoms with E-state index in [1.165, 1.54) is 17.5 Å². The lowest BCUT2D eigenvalue weighted by Gasteiger charge is -2.43. The van der Waals surface area contributed by atoms with E-state index in [-0.39, 0.29) is 17.2 Å². The first-order valence-corrected chi connectivity index (χ1v) is 15.9. The van der Waals surface area contributed by atoms with Gasteiger partial charge in [0.05, 0.1) is 18.4 Å². The van der Waals surface area contributed by atoms with Crippen LogP contribution in [0.15, 0.2) is 126 Å². The zero-order chi connectivity index (χ0) is 28.3. The van der Waals surface area contributed by atoms with Gasteiger partial charge in [-0.2, -0.15) is 0 Å². The molecule has 0 spiro atoms. The molecule has 5 nitrogen and oxygen atoms in total. The van der Waals surface area contributed by atoms with Crippen LogP contribution < -0.4 is 21.0 Å². The molecule has 1 heterocycles. The van der Waals surface area contributed by atoms with Crippen molar-refractivity contribution in [2.45, 2.75) is 25.8 Å². The fourth-order valence-electron chi connectivity index (χ4n) is 5.33. The standard InChI is InChI=1S/C34H32BrNO3Si.H3N/c1-34(2,3)40(28-13-7-5-8-14-28,29-15-9-6-10-16-29)39-27-19-17-25(18-20-27)32-30(35)23-26(33(37)38-4)24-31(32)36-21-11-12-22-36;/h5-24H,1-4H3;1H3. The zero-order valence-corrected chi connectivity index (χ0v) is 26.4. The maximum Gasteiger partial charge on any atom is 0.337 e. The highest BCUT2D eigenvalue weighted by molar-refractivity contribution is 9.10. The number of rotatable bonds is 7. The van der Waals surface area contributed by atoms with Gasteiger partial charge < -0.3 is 19.9 Å². The molecule has 7 heteroatoms. The molecular formula is C34H35BrN2O3Si. The highest BCUT2D eigenvalue weighted by atomic mass is 79.9. The van der Waals surface area contributed by atoms with Crippen LogP contribution in [0.25, 0.3) is 16.8 Å². The number of hydrogen-bond donors (Lipinski definition) is 1. The van der Waals surface area contributed by atoms with Crippen molar-refractivity contribution in [3.8, 4) is 22.6 Å². The van der Waals surface area contributed by atoms with E-state index in [4.69, 9.17) is 9.16 Å². The molecule has 0 atom stereocenters. The van der Waals surface area contributed by atoms with Gasteiger partial charge in [-0.15, -0.1) is 0 Å². The van der Waals surface area contributed by atoms with E-state index in [2.05, 4.69) is 122 Å². The van der Waals surface area contributed by atoms with Crippen LogP contribution in [0.3, 0.4) is 0 Å². The summed E-state index contributed by atoms with van der Waals surface area (Å²) in [6.07, 6.45) is 3.93. The Labute approximate surface area is 251 Å². The Morgan fingerprint density at radius 1 is 0.780 bits per heavy atom. The van der Waals surface area contributed by atoms with E-state index in [0.29, 0.717) is 5.56 Å². The number of esters is 1. The fourth-order valence-corrected chi connectivity index (χ4v) is 10.4. The lowest BCUT2D eigenvalue weighted by Crippen LogP contribution is -2.68. The van der Waals surface area contributed by atoms with Crippen LogP contribution in [0.4, 0.5) is 0 Å². The third-order valence-corrected chi connectivity index (χ3v) is 12.8. The van der Waals surface area contributed by atoms with Gasteiger partial charge >= 0.3 is 14.3 Å². The summed E-state index contributed by atoms with van der Waals surface area (Å²) in [5.41, 5.74) is 3.33. The second-order valence-corrected chi connectivity index (χ2v) is 15.8. The normalized spacial score (nSPS) is 11.4. The van der Waals surface area contributed by atoms with Gasteiger partial charge in [-0.05, 0) is 57.4 Å². The summed E-state index contributed by atoms with van der Waals surface area (Å²) >= 11 is 3.73. The maximum atomic E-state index is 12.4. The van der Waals surface area contributed by atoms with Crippen LogP contribution >= 0.6 is 15.9 Å². The number of carbonyl (C=O) groups excluding carboxylic acids is 1. The van der Waals surface area contributed by atoms with Crippen LogP contribution in [0.1, 0.15) is 31.1 Å². The Morgan fingerprint density at radius 2 is 1.32 bits per heavy atom. The van der Waals surface area contributed by atoms with Gasteiger partial charge in [0, 0.05) is 22.4 Å². The average Bonchev–Trinajstić information content (AvgIpc) is 3.51. The van der Waals surface area contributed by atoms with Crippen molar-refractivity contribution >= 4 is 40.6 Å². The molecule has 5 aromatic rings. The fraction of sp³-hybridized carbons (Fsp3) is 0.147. The lowest BCUT2D eigenvalue weighted by molar-refractivity contribution is 0.0600. The molecule has 0 radical (unpaired) electrons. The topological polar surface area (TPSA) is 75.5 Å². The number of halogens is 1. The van der Waals surface area contributed by atoms with Crippen LogP contribution in [0.2, 0.25) is 5.04 Å². The molecule has 210 valence electrons. The van der Waals surface area contributed by atoms with Crippen molar-refractivity contribution in [2.75, 3.05) is 7.11 Å². The average molecular weight is 628 g/mol. The van der Waals surface area contributed by atoms with Crippen molar-refractivity contribution in [3.63, 3.8) is 0 Å². The van der Waals surface area contributed by atoms with Crippen molar-refractivity contribution in [1.82, 2.24) is 10.7 Å². The molecule has 41 heavy (non-hydrogen) atoms. The Kier molecular flexibility index (Phi) is 9.02. The minimum absolute atomic E-state index is 0. The number of methoxy groups -OCH3 is 1. The summed E-state index contributed by atoms with van der Waals surface area (Å²) in [5.74, 6) is 0.442. The zero-order valence-electron chi connectivity index (χ0n) is 23.8. The molecule has 0 bridgehead atoms. The van der Waals surface area contributed by atoms with Gasteiger partial charge in [0.25, 0.3) is 0 Å². The lowest BCUT2D eigenvalue weighted by atomic mass is 10.0. The maximum absolute atomic E-state index is 12.4. The third-order valence-electron chi connectivity index (χ3n) is 7.20. The monoisotopic (exact) mass is 626 g/mol. The minimum Gasteiger partial charge on any atom is -0.534 e. The molecule has 3 N–H and O–H groups in total. The van der Waals surface area contributed by atoms with E-state index in [0.717, 1.165) is 27.0 Å². The van der Waals surface area contributed by atoms with Gasteiger partial charge in [0.1, 0.15) is 5.75 Å². The third kappa shape index (κ3) is 5.79. The van der Waals surface area contributed by atoms with E-state index in [9.17, 15) is 4.79 Å². The van der Waals surface area contributed by atoms with Crippen LogP contribution in [0.5, 0.6) is 5.75 Å². The summed E-state index contributed by atoms with van der Waals surface area (Å²) in [7, 11) is -1.35. The first kappa shape index (κ1) is 30.1. The van der Waals surface area contributed by atoms with Crippen molar-refractivity contribution in [2.24, 2.45) is 0 Å². The Balaban J connectivity index is 0.00000387. The van der Waals surface area contributed by atoms with Gasteiger partial charge in [-0.25, -0.2) is 4.79 Å².